The molecule has 1 aliphatic carbocycles. The molecule has 3 rings (SSSR count). The molecule has 23 heavy (non-hydrogen) atoms. The van der Waals surface area contributed by atoms with Crippen LogP contribution in [0.1, 0.15) is 65.7 Å². The molecular weight excluding hydrogens is 284 g/mol. The molecule has 1 heterocycles. The average molecular weight is 310 g/mol. The number of aromatic nitrogens is 1. The summed E-state index contributed by atoms with van der Waals surface area (Å²) in [5.41, 5.74) is 11.6. The van der Waals surface area contributed by atoms with Gasteiger partial charge in [-0.2, -0.15) is 0 Å². The van der Waals surface area contributed by atoms with Crippen molar-refractivity contribution in [3.8, 4) is 0 Å². The van der Waals surface area contributed by atoms with Crippen molar-refractivity contribution >= 4 is 0 Å². The Morgan fingerprint density at radius 1 is 1.09 bits per heavy atom. The van der Waals surface area contributed by atoms with Crippen molar-refractivity contribution in [1.82, 2.24) is 4.57 Å². The van der Waals surface area contributed by atoms with Gasteiger partial charge in [-0.25, -0.2) is 0 Å². The highest BCUT2D eigenvalue weighted by Gasteiger charge is 2.24. The Labute approximate surface area is 138 Å². The molecule has 0 spiro atoms. The van der Waals surface area contributed by atoms with Gasteiger partial charge in [0.1, 0.15) is 0 Å². The molecule has 2 aromatic rings. The maximum absolute atomic E-state index is 13.2. The smallest absolute Gasteiger partial charge is 0.256 e. The van der Waals surface area contributed by atoms with Gasteiger partial charge in [0, 0.05) is 17.3 Å². The van der Waals surface area contributed by atoms with Gasteiger partial charge in [-0.1, -0.05) is 42.7 Å². The fraction of sp³-hybridized carbons (Fsp3) is 0.450. The molecule has 1 aromatic heterocycles. The lowest BCUT2D eigenvalue weighted by Crippen LogP contribution is -2.33. The fourth-order valence-corrected chi connectivity index (χ4v) is 3.85. The van der Waals surface area contributed by atoms with Gasteiger partial charge in [-0.05, 0) is 50.8 Å². The Hall–Kier alpha value is -1.87. The number of aryl methyl sites for hydroxylation is 3. The second-order valence-electron chi connectivity index (χ2n) is 6.88. The van der Waals surface area contributed by atoms with E-state index in [2.05, 4.69) is 13.0 Å². The molecule has 2 N–H and O–H groups in total. The van der Waals surface area contributed by atoms with Crippen LogP contribution in [0, 0.1) is 20.8 Å². The minimum atomic E-state index is -0.364. The van der Waals surface area contributed by atoms with Crippen LogP contribution in [0.4, 0.5) is 0 Å². The van der Waals surface area contributed by atoms with Gasteiger partial charge in [-0.3, -0.25) is 4.79 Å². The van der Waals surface area contributed by atoms with Crippen molar-refractivity contribution in [3.05, 3.63) is 68.6 Å². The average Bonchev–Trinajstić information content (AvgIpc) is 3.01. The first-order valence-corrected chi connectivity index (χ1v) is 8.54. The molecule has 0 bridgehead atoms. The third kappa shape index (κ3) is 2.98. The van der Waals surface area contributed by atoms with E-state index in [0.717, 1.165) is 35.2 Å². The van der Waals surface area contributed by atoms with E-state index in [1.165, 1.54) is 18.4 Å². The summed E-state index contributed by atoms with van der Waals surface area (Å²) >= 11 is 0. The van der Waals surface area contributed by atoms with Gasteiger partial charge < -0.3 is 10.3 Å². The minimum absolute atomic E-state index is 0.0995. The fourth-order valence-electron chi connectivity index (χ4n) is 3.85. The van der Waals surface area contributed by atoms with E-state index in [1.54, 1.807) is 0 Å². The minimum Gasteiger partial charge on any atom is -0.320 e. The summed E-state index contributed by atoms with van der Waals surface area (Å²) in [4.78, 5) is 13.2. The van der Waals surface area contributed by atoms with Crippen molar-refractivity contribution in [2.45, 2.75) is 58.5 Å². The second kappa shape index (κ2) is 6.32. The van der Waals surface area contributed by atoms with Crippen molar-refractivity contribution in [2.24, 2.45) is 5.73 Å². The van der Waals surface area contributed by atoms with Crippen LogP contribution in [-0.2, 0) is 0 Å². The number of hydrogen-bond acceptors (Lipinski definition) is 2. The van der Waals surface area contributed by atoms with Gasteiger partial charge in [0.2, 0.25) is 0 Å². The lowest BCUT2D eigenvalue weighted by molar-refractivity contribution is 0.485. The lowest BCUT2D eigenvalue weighted by Gasteiger charge is -2.22. The van der Waals surface area contributed by atoms with Gasteiger partial charge in [-0.15, -0.1) is 0 Å². The Kier molecular flexibility index (Phi) is 4.40. The molecule has 1 fully saturated rings. The first-order chi connectivity index (χ1) is 11.0. The Balaban J connectivity index is 2.09. The standard InChI is InChI=1S/C20H26N2O/c1-13-8-10-16(11-9-13)19(21)18-14(2)12-15(3)22(20(18)23)17-6-4-5-7-17/h8-12,17,19H,4-7,21H2,1-3H3. The Morgan fingerprint density at radius 2 is 1.70 bits per heavy atom. The Bertz CT molecular complexity index is 752. The molecule has 1 aliphatic rings. The number of rotatable bonds is 3. The number of nitrogens with two attached hydrogens (primary N) is 1. The zero-order valence-electron chi connectivity index (χ0n) is 14.3. The molecule has 1 aromatic carbocycles. The van der Waals surface area contributed by atoms with Crippen LogP contribution < -0.4 is 11.3 Å². The molecule has 0 saturated heterocycles. The first kappa shape index (κ1) is 16.0. The van der Waals surface area contributed by atoms with E-state index >= 15 is 0 Å². The van der Waals surface area contributed by atoms with Crippen LogP contribution >= 0.6 is 0 Å². The molecule has 0 amide bonds. The zero-order valence-corrected chi connectivity index (χ0v) is 14.3. The molecule has 122 valence electrons. The summed E-state index contributed by atoms with van der Waals surface area (Å²) in [5.74, 6) is 0. The number of benzene rings is 1. The quantitative estimate of drug-likeness (QED) is 0.933. The predicted molar refractivity (Wildman–Crippen MR) is 94.9 cm³/mol. The molecular formula is C20H26N2O. The van der Waals surface area contributed by atoms with Crippen molar-refractivity contribution in [2.75, 3.05) is 0 Å². The van der Waals surface area contributed by atoms with Gasteiger partial charge in [0.25, 0.3) is 5.56 Å². The van der Waals surface area contributed by atoms with Crippen molar-refractivity contribution in [3.63, 3.8) is 0 Å². The first-order valence-electron chi connectivity index (χ1n) is 8.54. The molecule has 1 atom stereocenters. The van der Waals surface area contributed by atoms with E-state index in [4.69, 9.17) is 5.73 Å². The highest BCUT2D eigenvalue weighted by atomic mass is 16.1. The molecule has 1 saturated carbocycles. The van der Waals surface area contributed by atoms with Crippen LogP contribution in [0.2, 0.25) is 0 Å². The monoisotopic (exact) mass is 310 g/mol. The predicted octanol–water partition coefficient (Wildman–Crippen LogP) is 3.94. The van der Waals surface area contributed by atoms with Crippen LogP contribution in [0.3, 0.4) is 0 Å². The van der Waals surface area contributed by atoms with Gasteiger partial charge >= 0.3 is 0 Å². The number of pyridine rings is 1. The SMILES string of the molecule is Cc1ccc(C(N)c2c(C)cc(C)n(C3CCCC3)c2=O)cc1. The molecule has 0 aliphatic heterocycles. The van der Waals surface area contributed by atoms with E-state index < -0.39 is 0 Å². The van der Waals surface area contributed by atoms with Crippen LogP contribution in [0.15, 0.2) is 35.1 Å². The van der Waals surface area contributed by atoms with Crippen LogP contribution in [0.25, 0.3) is 0 Å². The summed E-state index contributed by atoms with van der Waals surface area (Å²) in [7, 11) is 0. The maximum Gasteiger partial charge on any atom is 0.256 e. The summed E-state index contributed by atoms with van der Waals surface area (Å²) in [6.07, 6.45) is 4.62. The highest BCUT2D eigenvalue weighted by Crippen LogP contribution is 2.30. The topological polar surface area (TPSA) is 48.0 Å². The van der Waals surface area contributed by atoms with E-state index in [9.17, 15) is 4.79 Å². The Morgan fingerprint density at radius 3 is 2.30 bits per heavy atom. The summed E-state index contributed by atoms with van der Waals surface area (Å²) in [6, 6.07) is 10.2. The van der Waals surface area contributed by atoms with Crippen molar-refractivity contribution in [1.29, 1.82) is 0 Å². The summed E-state index contributed by atoms with van der Waals surface area (Å²) in [6.45, 7) is 6.09. The number of hydrogen-bond donors (Lipinski definition) is 1. The van der Waals surface area contributed by atoms with Crippen molar-refractivity contribution < 1.29 is 0 Å². The summed E-state index contributed by atoms with van der Waals surface area (Å²) < 4.78 is 1.99. The molecule has 1 unspecified atom stereocenters. The molecule has 3 heteroatoms. The maximum atomic E-state index is 13.2. The highest BCUT2D eigenvalue weighted by molar-refractivity contribution is 5.37. The largest absolute Gasteiger partial charge is 0.320 e. The lowest BCUT2D eigenvalue weighted by atomic mass is 9.95. The third-order valence-electron chi connectivity index (χ3n) is 5.12. The molecule has 3 nitrogen and oxygen atoms in total. The third-order valence-corrected chi connectivity index (χ3v) is 5.12. The van der Waals surface area contributed by atoms with Crippen LogP contribution in [-0.4, -0.2) is 4.57 Å². The van der Waals surface area contributed by atoms with E-state index in [0.29, 0.717) is 6.04 Å². The van der Waals surface area contributed by atoms with Crippen LogP contribution in [0.5, 0.6) is 0 Å². The number of nitrogens with zero attached hydrogens (tertiary/aromatic N) is 1. The zero-order chi connectivity index (χ0) is 16.6. The van der Waals surface area contributed by atoms with E-state index in [-0.39, 0.29) is 11.6 Å². The second-order valence-corrected chi connectivity index (χ2v) is 6.88. The normalized spacial score (nSPS) is 16.7. The molecule has 0 radical (unpaired) electrons. The van der Waals surface area contributed by atoms with Gasteiger partial charge in [0.05, 0.1) is 6.04 Å². The van der Waals surface area contributed by atoms with E-state index in [1.807, 2.05) is 42.7 Å². The van der Waals surface area contributed by atoms with Gasteiger partial charge in [0.15, 0.2) is 0 Å². The summed E-state index contributed by atoms with van der Waals surface area (Å²) in [5, 5.41) is 0.